The monoisotopic (exact) mass is 374 g/mol. The summed E-state index contributed by atoms with van der Waals surface area (Å²) in [5.41, 5.74) is 14.5. The second-order valence-electron chi connectivity index (χ2n) is 6.14. The maximum atomic E-state index is 5.87. The molecule has 142 valence electrons. The number of guanidine groups is 1. The average Bonchev–Trinajstić information content (AvgIpc) is 2.71. The van der Waals surface area contributed by atoms with Gasteiger partial charge in [-0.2, -0.15) is 0 Å². The number of hydrogen-bond acceptors (Lipinski definition) is 4. The third-order valence-corrected chi connectivity index (χ3v) is 4.01. The van der Waals surface area contributed by atoms with Gasteiger partial charge in [-0.15, -0.1) is 10.2 Å². The summed E-state index contributed by atoms with van der Waals surface area (Å²) in [7, 11) is 1.63. The molecule has 0 amide bonds. The number of ether oxygens (including phenoxy) is 2. The fourth-order valence-corrected chi connectivity index (χ4v) is 2.56. The minimum atomic E-state index is -0.0935. The minimum Gasteiger partial charge on any atom is -0.497 e. The van der Waals surface area contributed by atoms with Crippen molar-refractivity contribution < 1.29 is 9.47 Å². The van der Waals surface area contributed by atoms with E-state index in [0.29, 0.717) is 11.5 Å². The highest BCUT2D eigenvalue weighted by Crippen LogP contribution is 2.24. The molecule has 6 heteroatoms. The summed E-state index contributed by atoms with van der Waals surface area (Å²) in [6, 6.07) is 23.0. The number of rotatable bonds is 6. The van der Waals surface area contributed by atoms with Crippen LogP contribution >= 0.6 is 0 Å². The highest BCUT2D eigenvalue weighted by Gasteiger charge is 2.08. The smallest absolute Gasteiger partial charge is 0.211 e. The van der Waals surface area contributed by atoms with Crippen molar-refractivity contribution in [1.82, 2.24) is 0 Å². The molecule has 0 aliphatic rings. The molecule has 0 saturated heterocycles. The summed E-state index contributed by atoms with van der Waals surface area (Å²) in [5, 5.41) is 8.05. The first kappa shape index (κ1) is 19.0. The number of aryl methyl sites for hydroxylation is 1. The molecule has 3 aromatic carbocycles. The lowest BCUT2D eigenvalue weighted by atomic mass is 10.0. The lowest BCUT2D eigenvalue weighted by Gasteiger charge is -2.09. The molecule has 0 fully saturated rings. The molecular weight excluding hydrogens is 352 g/mol. The van der Waals surface area contributed by atoms with Gasteiger partial charge in [0, 0.05) is 11.1 Å². The summed E-state index contributed by atoms with van der Waals surface area (Å²) in [4.78, 5) is 0. The van der Waals surface area contributed by atoms with Crippen LogP contribution in [0.2, 0.25) is 0 Å². The lowest BCUT2D eigenvalue weighted by molar-refractivity contribution is 0.413. The lowest BCUT2D eigenvalue weighted by Crippen LogP contribution is -2.22. The van der Waals surface area contributed by atoms with E-state index in [1.807, 2.05) is 79.7 Å². The highest BCUT2D eigenvalue weighted by molar-refractivity contribution is 6.13. The van der Waals surface area contributed by atoms with Crippen LogP contribution in [0.5, 0.6) is 17.2 Å². The summed E-state index contributed by atoms with van der Waals surface area (Å²) < 4.78 is 11.0. The number of hydrogen-bond donors (Lipinski definition) is 2. The van der Waals surface area contributed by atoms with Gasteiger partial charge in [-0.3, -0.25) is 0 Å². The van der Waals surface area contributed by atoms with Gasteiger partial charge in [0.25, 0.3) is 0 Å². The molecule has 28 heavy (non-hydrogen) atoms. The molecular formula is C22H22N4O2. The zero-order valence-corrected chi connectivity index (χ0v) is 15.8. The highest BCUT2D eigenvalue weighted by atomic mass is 16.5. The van der Waals surface area contributed by atoms with Crippen molar-refractivity contribution in [3.05, 3.63) is 89.5 Å². The molecule has 0 radical (unpaired) electrons. The fraction of sp³-hybridized carbons (Fsp3) is 0.0909. The van der Waals surface area contributed by atoms with E-state index in [1.54, 1.807) is 7.11 Å². The van der Waals surface area contributed by atoms with Gasteiger partial charge in [-0.1, -0.05) is 29.8 Å². The number of benzene rings is 3. The molecule has 0 heterocycles. The maximum absolute atomic E-state index is 5.87. The maximum Gasteiger partial charge on any atom is 0.211 e. The SMILES string of the molecule is COc1ccc(Oc2ccc(/C(=N\N=C(N)N)c3ccc(C)cc3)cc2)cc1. The van der Waals surface area contributed by atoms with Crippen molar-refractivity contribution >= 4 is 11.7 Å². The Morgan fingerprint density at radius 1 is 0.679 bits per heavy atom. The third kappa shape index (κ3) is 4.88. The Morgan fingerprint density at radius 3 is 1.64 bits per heavy atom. The van der Waals surface area contributed by atoms with Crippen molar-refractivity contribution in [1.29, 1.82) is 0 Å². The summed E-state index contributed by atoms with van der Waals surface area (Å²) >= 11 is 0. The van der Waals surface area contributed by atoms with Gasteiger partial charge in [0.05, 0.1) is 7.11 Å². The van der Waals surface area contributed by atoms with Crippen LogP contribution in [0.15, 0.2) is 83.0 Å². The van der Waals surface area contributed by atoms with Gasteiger partial charge in [0.1, 0.15) is 23.0 Å². The Balaban J connectivity index is 1.86. The Labute approximate surface area is 164 Å². The van der Waals surface area contributed by atoms with E-state index in [-0.39, 0.29) is 5.96 Å². The quantitative estimate of drug-likeness (QED) is 0.389. The standard InChI is InChI=1S/C22H22N4O2/c1-15-3-5-16(6-4-15)21(25-26-22(23)24)17-7-9-19(10-8-17)28-20-13-11-18(27-2)12-14-20/h3-14H,1-2H3,(H4,23,24,26)/b25-21-. The zero-order chi connectivity index (χ0) is 19.9. The van der Waals surface area contributed by atoms with Gasteiger partial charge in [0.2, 0.25) is 5.96 Å². The Hall–Kier alpha value is -3.80. The molecule has 0 aliphatic heterocycles. The van der Waals surface area contributed by atoms with Crippen molar-refractivity contribution in [3.8, 4) is 17.2 Å². The Kier molecular flexibility index (Phi) is 5.91. The molecule has 0 aliphatic carbocycles. The van der Waals surface area contributed by atoms with E-state index in [4.69, 9.17) is 20.9 Å². The molecule has 3 rings (SSSR count). The number of methoxy groups -OCH3 is 1. The predicted octanol–water partition coefficient (Wildman–Crippen LogP) is 3.82. The molecule has 3 aromatic rings. The zero-order valence-electron chi connectivity index (χ0n) is 15.8. The second-order valence-corrected chi connectivity index (χ2v) is 6.14. The van der Waals surface area contributed by atoms with E-state index in [2.05, 4.69) is 10.2 Å². The topological polar surface area (TPSA) is 95.2 Å². The van der Waals surface area contributed by atoms with Gasteiger partial charge in [0.15, 0.2) is 0 Å². The average molecular weight is 374 g/mol. The third-order valence-electron chi connectivity index (χ3n) is 4.01. The summed E-state index contributed by atoms with van der Waals surface area (Å²) in [6.07, 6.45) is 0. The van der Waals surface area contributed by atoms with Crippen LogP contribution in [0.25, 0.3) is 0 Å². The van der Waals surface area contributed by atoms with Crippen molar-refractivity contribution in [3.63, 3.8) is 0 Å². The molecule has 0 bridgehead atoms. The first-order chi connectivity index (χ1) is 13.5. The predicted molar refractivity (Wildman–Crippen MR) is 112 cm³/mol. The van der Waals surface area contributed by atoms with Crippen molar-refractivity contribution in [2.75, 3.05) is 7.11 Å². The minimum absolute atomic E-state index is 0.0935. The molecule has 4 N–H and O–H groups in total. The summed E-state index contributed by atoms with van der Waals surface area (Å²) in [6.45, 7) is 2.03. The van der Waals surface area contributed by atoms with E-state index in [1.165, 1.54) is 0 Å². The normalized spacial score (nSPS) is 11.0. The van der Waals surface area contributed by atoms with Crippen LogP contribution in [0.1, 0.15) is 16.7 Å². The fourth-order valence-electron chi connectivity index (χ4n) is 2.56. The molecule has 0 aromatic heterocycles. The van der Waals surface area contributed by atoms with Crippen LogP contribution in [0.4, 0.5) is 0 Å². The molecule has 6 nitrogen and oxygen atoms in total. The van der Waals surface area contributed by atoms with E-state index >= 15 is 0 Å². The van der Waals surface area contributed by atoms with Gasteiger partial charge >= 0.3 is 0 Å². The van der Waals surface area contributed by atoms with Crippen molar-refractivity contribution in [2.24, 2.45) is 21.7 Å². The van der Waals surface area contributed by atoms with Gasteiger partial charge < -0.3 is 20.9 Å². The second kappa shape index (κ2) is 8.73. The molecule has 0 unspecified atom stereocenters. The number of nitrogens with two attached hydrogens (primary N) is 2. The van der Waals surface area contributed by atoms with Crippen LogP contribution in [-0.4, -0.2) is 18.8 Å². The van der Waals surface area contributed by atoms with Crippen LogP contribution in [-0.2, 0) is 0 Å². The van der Waals surface area contributed by atoms with E-state index < -0.39 is 0 Å². The molecule has 0 saturated carbocycles. The van der Waals surface area contributed by atoms with Crippen LogP contribution in [0, 0.1) is 6.92 Å². The number of nitrogens with zero attached hydrogens (tertiary/aromatic N) is 2. The van der Waals surface area contributed by atoms with E-state index in [0.717, 1.165) is 28.2 Å². The van der Waals surface area contributed by atoms with Gasteiger partial charge in [-0.05, 0) is 55.5 Å². The van der Waals surface area contributed by atoms with Crippen LogP contribution in [0.3, 0.4) is 0 Å². The molecule has 0 spiro atoms. The first-order valence-corrected chi connectivity index (χ1v) is 8.71. The van der Waals surface area contributed by atoms with E-state index in [9.17, 15) is 0 Å². The van der Waals surface area contributed by atoms with Gasteiger partial charge in [-0.25, -0.2) is 0 Å². The largest absolute Gasteiger partial charge is 0.497 e. The molecule has 0 atom stereocenters. The first-order valence-electron chi connectivity index (χ1n) is 8.71. The summed E-state index contributed by atoms with van der Waals surface area (Å²) in [5.74, 6) is 2.12. The Morgan fingerprint density at radius 2 is 1.14 bits per heavy atom. The van der Waals surface area contributed by atoms with Crippen LogP contribution < -0.4 is 20.9 Å². The Bertz CT molecular complexity index is 973. The van der Waals surface area contributed by atoms with Crippen molar-refractivity contribution in [2.45, 2.75) is 6.92 Å².